The van der Waals surface area contributed by atoms with Crippen molar-refractivity contribution in [1.29, 1.82) is 0 Å². The Kier molecular flexibility index (Phi) is 4.66. The number of rotatable bonds is 5. The third kappa shape index (κ3) is 3.92. The summed E-state index contributed by atoms with van der Waals surface area (Å²) in [6, 6.07) is 5.19. The van der Waals surface area contributed by atoms with Crippen molar-refractivity contribution in [3.63, 3.8) is 0 Å². The van der Waals surface area contributed by atoms with Crippen LogP contribution in [0.3, 0.4) is 0 Å². The molecule has 1 atom stereocenters. The van der Waals surface area contributed by atoms with Crippen LogP contribution < -0.4 is 14.8 Å². The molecule has 23 heavy (non-hydrogen) atoms. The second kappa shape index (κ2) is 6.87. The van der Waals surface area contributed by atoms with E-state index in [2.05, 4.69) is 5.32 Å². The van der Waals surface area contributed by atoms with Crippen LogP contribution in [0.4, 0.5) is 5.69 Å². The molecule has 0 saturated carbocycles. The van der Waals surface area contributed by atoms with Crippen LogP contribution in [0.15, 0.2) is 18.2 Å². The quantitative estimate of drug-likeness (QED) is 0.887. The standard InChI is InChI=1S/C16H20N2O5/c1-11(19)18(8-13-3-2-6-21-13)9-16(20)17-12-4-5-14-15(7-12)23-10-22-14/h4-5,7,13H,2-3,6,8-10H2,1H3,(H,17,20). The van der Waals surface area contributed by atoms with Gasteiger partial charge >= 0.3 is 0 Å². The maximum atomic E-state index is 12.2. The third-order valence-electron chi connectivity index (χ3n) is 3.88. The molecule has 2 heterocycles. The zero-order valence-electron chi connectivity index (χ0n) is 13.0. The van der Waals surface area contributed by atoms with Gasteiger partial charge in [0, 0.05) is 31.8 Å². The molecule has 0 aromatic heterocycles. The summed E-state index contributed by atoms with van der Waals surface area (Å²) >= 11 is 0. The first-order chi connectivity index (χ1) is 11.1. The van der Waals surface area contributed by atoms with Gasteiger partial charge in [-0.25, -0.2) is 0 Å². The molecule has 1 aromatic rings. The maximum absolute atomic E-state index is 12.2. The fraction of sp³-hybridized carbons (Fsp3) is 0.500. The lowest BCUT2D eigenvalue weighted by molar-refractivity contribution is -0.134. The summed E-state index contributed by atoms with van der Waals surface area (Å²) in [6.45, 7) is 2.82. The van der Waals surface area contributed by atoms with Gasteiger partial charge in [-0.15, -0.1) is 0 Å². The SMILES string of the molecule is CC(=O)N(CC(=O)Nc1ccc2c(c1)OCO2)CC1CCCO1. The Morgan fingerprint density at radius 2 is 2.13 bits per heavy atom. The Labute approximate surface area is 134 Å². The molecule has 124 valence electrons. The number of hydrogen-bond donors (Lipinski definition) is 1. The molecule has 0 spiro atoms. The van der Waals surface area contributed by atoms with Crippen LogP contribution in [0, 0.1) is 0 Å². The van der Waals surface area contributed by atoms with Crippen LogP contribution in [0.1, 0.15) is 19.8 Å². The topological polar surface area (TPSA) is 77.1 Å². The zero-order valence-corrected chi connectivity index (χ0v) is 13.0. The number of nitrogens with zero attached hydrogens (tertiary/aromatic N) is 1. The van der Waals surface area contributed by atoms with E-state index in [-0.39, 0.29) is 31.3 Å². The van der Waals surface area contributed by atoms with E-state index in [9.17, 15) is 9.59 Å². The maximum Gasteiger partial charge on any atom is 0.243 e. The van der Waals surface area contributed by atoms with Crippen LogP contribution in [-0.4, -0.2) is 49.3 Å². The minimum Gasteiger partial charge on any atom is -0.454 e. The molecule has 1 saturated heterocycles. The van der Waals surface area contributed by atoms with Crippen molar-refractivity contribution in [1.82, 2.24) is 4.90 Å². The monoisotopic (exact) mass is 320 g/mol. The molecule has 2 amide bonds. The Morgan fingerprint density at radius 3 is 2.87 bits per heavy atom. The van der Waals surface area contributed by atoms with Crippen LogP contribution in [0.5, 0.6) is 11.5 Å². The lowest BCUT2D eigenvalue weighted by Gasteiger charge is -2.23. The van der Waals surface area contributed by atoms with Gasteiger partial charge < -0.3 is 24.4 Å². The summed E-state index contributed by atoms with van der Waals surface area (Å²) in [7, 11) is 0. The van der Waals surface area contributed by atoms with E-state index in [1.165, 1.54) is 11.8 Å². The average Bonchev–Trinajstić information content (AvgIpc) is 3.16. The van der Waals surface area contributed by atoms with Crippen molar-refractivity contribution in [2.45, 2.75) is 25.9 Å². The van der Waals surface area contributed by atoms with Gasteiger partial charge in [0.2, 0.25) is 18.6 Å². The van der Waals surface area contributed by atoms with E-state index in [0.29, 0.717) is 23.7 Å². The fourth-order valence-corrected chi connectivity index (χ4v) is 2.69. The number of carbonyl (C=O) groups excluding carboxylic acids is 2. The molecule has 2 aliphatic heterocycles. The van der Waals surface area contributed by atoms with E-state index < -0.39 is 0 Å². The van der Waals surface area contributed by atoms with Crippen molar-refractivity contribution >= 4 is 17.5 Å². The number of benzene rings is 1. The number of nitrogens with one attached hydrogen (secondary N) is 1. The second-order valence-corrected chi connectivity index (χ2v) is 5.65. The summed E-state index contributed by atoms with van der Waals surface area (Å²) in [6.07, 6.45) is 1.95. The molecular weight excluding hydrogens is 300 g/mol. The number of hydrogen-bond acceptors (Lipinski definition) is 5. The molecule has 1 aromatic carbocycles. The lowest BCUT2D eigenvalue weighted by atomic mass is 10.2. The van der Waals surface area contributed by atoms with Crippen molar-refractivity contribution in [3.05, 3.63) is 18.2 Å². The molecule has 3 rings (SSSR count). The van der Waals surface area contributed by atoms with Crippen molar-refractivity contribution in [2.75, 3.05) is 31.8 Å². The normalized spacial score (nSPS) is 18.7. The fourth-order valence-electron chi connectivity index (χ4n) is 2.69. The zero-order chi connectivity index (χ0) is 16.2. The Bertz CT molecular complexity index is 598. The largest absolute Gasteiger partial charge is 0.454 e. The average molecular weight is 320 g/mol. The summed E-state index contributed by atoms with van der Waals surface area (Å²) in [4.78, 5) is 25.4. The van der Waals surface area contributed by atoms with Gasteiger partial charge in [-0.3, -0.25) is 9.59 Å². The van der Waals surface area contributed by atoms with Crippen LogP contribution in [0.2, 0.25) is 0 Å². The van der Waals surface area contributed by atoms with E-state index in [1.54, 1.807) is 18.2 Å². The van der Waals surface area contributed by atoms with Gasteiger partial charge in [-0.2, -0.15) is 0 Å². The van der Waals surface area contributed by atoms with E-state index in [0.717, 1.165) is 19.4 Å². The predicted molar refractivity (Wildman–Crippen MR) is 82.4 cm³/mol. The van der Waals surface area contributed by atoms with Gasteiger partial charge in [-0.05, 0) is 25.0 Å². The predicted octanol–water partition coefficient (Wildman–Crippen LogP) is 1.38. The Hall–Kier alpha value is -2.28. The van der Waals surface area contributed by atoms with Crippen molar-refractivity contribution < 1.29 is 23.8 Å². The smallest absolute Gasteiger partial charge is 0.243 e. The van der Waals surface area contributed by atoms with Crippen molar-refractivity contribution in [3.8, 4) is 11.5 Å². The Balaban J connectivity index is 1.57. The molecule has 2 aliphatic rings. The molecule has 1 N–H and O–H groups in total. The molecule has 1 unspecified atom stereocenters. The van der Waals surface area contributed by atoms with Crippen molar-refractivity contribution in [2.24, 2.45) is 0 Å². The first-order valence-electron chi connectivity index (χ1n) is 7.68. The number of carbonyl (C=O) groups is 2. The van der Waals surface area contributed by atoms with Gasteiger partial charge in [-0.1, -0.05) is 0 Å². The molecule has 0 bridgehead atoms. The van der Waals surface area contributed by atoms with Gasteiger partial charge in [0.05, 0.1) is 12.6 Å². The van der Waals surface area contributed by atoms with E-state index >= 15 is 0 Å². The van der Waals surface area contributed by atoms with Gasteiger partial charge in [0.25, 0.3) is 0 Å². The number of fused-ring (bicyclic) bond motifs is 1. The summed E-state index contributed by atoms with van der Waals surface area (Å²) in [5.41, 5.74) is 0.611. The third-order valence-corrected chi connectivity index (χ3v) is 3.88. The van der Waals surface area contributed by atoms with E-state index in [4.69, 9.17) is 14.2 Å². The molecular formula is C16H20N2O5. The van der Waals surface area contributed by atoms with Gasteiger partial charge in [0.1, 0.15) is 0 Å². The number of amides is 2. The van der Waals surface area contributed by atoms with Crippen LogP contribution in [-0.2, 0) is 14.3 Å². The molecule has 0 radical (unpaired) electrons. The highest BCUT2D eigenvalue weighted by molar-refractivity contribution is 5.94. The summed E-state index contributed by atoms with van der Waals surface area (Å²) in [5, 5.41) is 2.77. The first-order valence-corrected chi connectivity index (χ1v) is 7.68. The molecule has 7 heteroatoms. The Morgan fingerprint density at radius 1 is 1.30 bits per heavy atom. The van der Waals surface area contributed by atoms with E-state index in [1.807, 2.05) is 0 Å². The molecule has 1 fully saturated rings. The highest BCUT2D eigenvalue weighted by atomic mass is 16.7. The molecule has 7 nitrogen and oxygen atoms in total. The summed E-state index contributed by atoms with van der Waals surface area (Å²) < 4.78 is 16.0. The first kappa shape index (κ1) is 15.6. The minimum atomic E-state index is -0.253. The van der Waals surface area contributed by atoms with Gasteiger partial charge in [0.15, 0.2) is 11.5 Å². The summed E-state index contributed by atoms with van der Waals surface area (Å²) in [5.74, 6) is 0.871. The van der Waals surface area contributed by atoms with Crippen LogP contribution >= 0.6 is 0 Å². The number of anilines is 1. The lowest BCUT2D eigenvalue weighted by Crippen LogP contribution is -2.41. The van der Waals surface area contributed by atoms with Crippen LogP contribution in [0.25, 0.3) is 0 Å². The molecule has 0 aliphatic carbocycles. The highest BCUT2D eigenvalue weighted by Gasteiger charge is 2.22. The highest BCUT2D eigenvalue weighted by Crippen LogP contribution is 2.34. The second-order valence-electron chi connectivity index (χ2n) is 5.65. The minimum absolute atomic E-state index is 0.00361. The number of ether oxygens (including phenoxy) is 3.